The van der Waals surface area contributed by atoms with Crippen LogP contribution in [0.2, 0.25) is 0 Å². The molecule has 0 atom stereocenters. The average Bonchev–Trinajstić information content (AvgIpc) is 2.47. The molecule has 0 radical (unpaired) electrons. The van der Waals surface area contributed by atoms with Crippen LogP contribution in [-0.4, -0.2) is 15.5 Å². The van der Waals surface area contributed by atoms with Crippen LogP contribution in [0.15, 0.2) is 47.4 Å². The summed E-state index contributed by atoms with van der Waals surface area (Å²) in [6.45, 7) is 2.03. The molecule has 2 aromatic carbocycles. The predicted octanol–water partition coefficient (Wildman–Crippen LogP) is 2.06. The van der Waals surface area contributed by atoms with E-state index in [-0.39, 0.29) is 11.4 Å². The molecule has 0 aromatic heterocycles. The Balaban J connectivity index is 2.22. The van der Waals surface area contributed by atoms with Gasteiger partial charge in [-0.05, 0) is 42.3 Å². The highest BCUT2D eigenvalue weighted by molar-refractivity contribution is 7.89. The number of methoxy groups -OCH3 is 1. The SMILES string of the molecule is COc1ccc(C)cc1S(=O)(=O)NCc1ccc(N)cc1. The van der Waals surface area contributed by atoms with Crippen LogP contribution in [0.3, 0.4) is 0 Å². The van der Waals surface area contributed by atoms with Gasteiger partial charge in [0.1, 0.15) is 10.6 Å². The maximum absolute atomic E-state index is 12.4. The van der Waals surface area contributed by atoms with E-state index in [0.717, 1.165) is 11.1 Å². The molecule has 0 aliphatic heterocycles. The molecule has 0 spiro atoms. The highest BCUT2D eigenvalue weighted by Gasteiger charge is 2.19. The molecule has 6 heteroatoms. The molecule has 3 N–H and O–H groups in total. The van der Waals surface area contributed by atoms with Gasteiger partial charge >= 0.3 is 0 Å². The molecular weight excluding hydrogens is 288 g/mol. The summed E-state index contributed by atoms with van der Waals surface area (Å²) in [5, 5.41) is 0. The zero-order valence-corrected chi connectivity index (χ0v) is 12.8. The third kappa shape index (κ3) is 3.74. The van der Waals surface area contributed by atoms with Crippen LogP contribution in [0, 0.1) is 6.92 Å². The predicted molar refractivity (Wildman–Crippen MR) is 82.6 cm³/mol. The van der Waals surface area contributed by atoms with E-state index in [1.54, 1.807) is 42.5 Å². The Morgan fingerprint density at radius 1 is 1.14 bits per heavy atom. The number of ether oxygens (including phenoxy) is 1. The van der Waals surface area contributed by atoms with Crippen LogP contribution in [-0.2, 0) is 16.6 Å². The van der Waals surface area contributed by atoms with Crippen molar-refractivity contribution in [2.24, 2.45) is 0 Å². The summed E-state index contributed by atoms with van der Waals surface area (Å²) < 4.78 is 32.5. The van der Waals surface area contributed by atoms with E-state index in [0.29, 0.717) is 11.4 Å². The van der Waals surface area contributed by atoms with Crippen molar-refractivity contribution in [3.63, 3.8) is 0 Å². The smallest absolute Gasteiger partial charge is 0.244 e. The lowest BCUT2D eigenvalue weighted by Gasteiger charge is -2.11. The van der Waals surface area contributed by atoms with Crippen molar-refractivity contribution >= 4 is 15.7 Å². The minimum Gasteiger partial charge on any atom is -0.495 e. The normalized spacial score (nSPS) is 11.3. The van der Waals surface area contributed by atoms with E-state index in [1.165, 1.54) is 7.11 Å². The Kier molecular flexibility index (Phi) is 4.50. The molecular formula is C15H18N2O3S. The van der Waals surface area contributed by atoms with Crippen LogP contribution in [0.1, 0.15) is 11.1 Å². The molecule has 2 aromatic rings. The van der Waals surface area contributed by atoms with Crippen LogP contribution in [0.5, 0.6) is 5.75 Å². The summed E-state index contributed by atoms with van der Waals surface area (Å²) >= 11 is 0. The highest BCUT2D eigenvalue weighted by Crippen LogP contribution is 2.24. The molecule has 0 saturated heterocycles. The lowest BCUT2D eigenvalue weighted by atomic mass is 10.2. The van der Waals surface area contributed by atoms with E-state index in [2.05, 4.69) is 4.72 Å². The van der Waals surface area contributed by atoms with Crippen LogP contribution < -0.4 is 15.2 Å². The average molecular weight is 306 g/mol. The van der Waals surface area contributed by atoms with Gasteiger partial charge in [-0.2, -0.15) is 0 Å². The van der Waals surface area contributed by atoms with Gasteiger partial charge in [0.15, 0.2) is 0 Å². The number of anilines is 1. The zero-order valence-electron chi connectivity index (χ0n) is 12.0. The summed E-state index contributed by atoms with van der Waals surface area (Å²) in [5.41, 5.74) is 7.92. The van der Waals surface area contributed by atoms with E-state index in [1.807, 2.05) is 6.92 Å². The van der Waals surface area contributed by atoms with Crippen LogP contribution in [0.4, 0.5) is 5.69 Å². The lowest BCUT2D eigenvalue weighted by molar-refractivity contribution is 0.402. The van der Waals surface area contributed by atoms with Gasteiger partial charge in [-0.3, -0.25) is 0 Å². The summed E-state index contributed by atoms with van der Waals surface area (Å²) in [6.07, 6.45) is 0. The fraction of sp³-hybridized carbons (Fsp3) is 0.200. The first-order chi connectivity index (χ1) is 9.92. The molecule has 2 rings (SSSR count). The van der Waals surface area contributed by atoms with Crippen LogP contribution >= 0.6 is 0 Å². The van der Waals surface area contributed by atoms with E-state index in [9.17, 15) is 8.42 Å². The zero-order chi connectivity index (χ0) is 15.5. The molecule has 0 amide bonds. The third-order valence-electron chi connectivity index (χ3n) is 3.05. The fourth-order valence-electron chi connectivity index (χ4n) is 1.89. The Morgan fingerprint density at radius 2 is 1.81 bits per heavy atom. The Labute approximate surface area is 124 Å². The molecule has 0 bridgehead atoms. The summed E-state index contributed by atoms with van der Waals surface area (Å²) in [4.78, 5) is 0.139. The monoisotopic (exact) mass is 306 g/mol. The first-order valence-electron chi connectivity index (χ1n) is 6.41. The highest BCUT2D eigenvalue weighted by atomic mass is 32.2. The van der Waals surface area contributed by atoms with Crippen molar-refractivity contribution in [1.29, 1.82) is 0 Å². The van der Waals surface area contributed by atoms with E-state index >= 15 is 0 Å². The Hall–Kier alpha value is -2.05. The second-order valence-corrected chi connectivity index (χ2v) is 6.46. The standard InChI is InChI=1S/C15H18N2O3S/c1-11-3-8-14(20-2)15(9-11)21(18,19)17-10-12-4-6-13(16)7-5-12/h3-9,17H,10,16H2,1-2H3. The maximum Gasteiger partial charge on any atom is 0.244 e. The molecule has 0 heterocycles. The molecule has 0 unspecified atom stereocenters. The summed E-state index contributed by atoms with van der Waals surface area (Å²) in [7, 11) is -2.19. The number of sulfonamides is 1. The van der Waals surface area contributed by atoms with E-state index < -0.39 is 10.0 Å². The van der Waals surface area contributed by atoms with Gasteiger partial charge in [0.2, 0.25) is 10.0 Å². The van der Waals surface area contributed by atoms with Gasteiger partial charge in [0.25, 0.3) is 0 Å². The van der Waals surface area contributed by atoms with E-state index in [4.69, 9.17) is 10.5 Å². The summed E-state index contributed by atoms with van der Waals surface area (Å²) in [5.74, 6) is 0.324. The topological polar surface area (TPSA) is 81.4 Å². The van der Waals surface area contributed by atoms with Gasteiger partial charge in [-0.15, -0.1) is 0 Å². The van der Waals surface area contributed by atoms with Crippen molar-refractivity contribution in [1.82, 2.24) is 4.72 Å². The molecule has 0 saturated carbocycles. The fourth-order valence-corrected chi connectivity index (χ4v) is 3.15. The van der Waals surface area contributed by atoms with Gasteiger partial charge in [-0.25, -0.2) is 13.1 Å². The minimum atomic E-state index is -3.64. The lowest BCUT2D eigenvalue weighted by Crippen LogP contribution is -2.23. The maximum atomic E-state index is 12.4. The number of benzene rings is 2. The molecule has 5 nitrogen and oxygen atoms in total. The largest absolute Gasteiger partial charge is 0.495 e. The van der Waals surface area contributed by atoms with Crippen molar-refractivity contribution in [2.75, 3.05) is 12.8 Å². The molecule has 0 aliphatic carbocycles. The number of aryl methyl sites for hydroxylation is 1. The van der Waals surface area contributed by atoms with Crippen molar-refractivity contribution in [3.8, 4) is 5.75 Å². The minimum absolute atomic E-state index is 0.139. The number of nitrogens with two attached hydrogens (primary N) is 1. The summed E-state index contributed by atoms with van der Waals surface area (Å²) in [6, 6.07) is 12.1. The number of nitrogens with one attached hydrogen (secondary N) is 1. The van der Waals surface area contributed by atoms with Gasteiger partial charge in [0, 0.05) is 12.2 Å². The quantitative estimate of drug-likeness (QED) is 0.829. The molecule has 0 fully saturated rings. The second kappa shape index (κ2) is 6.15. The Morgan fingerprint density at radius 3 is 2.43 bits per heavy atom. The van der Waals surface area contributed by atoms with Crippen molar-refractivity contribution < 1.29 is 13.2 Å². The van der Waals surface area contributed by atoms with Crippen molar-refractivity contribution in [2.45, 2.75) is 18.4 Å². The second-order valence-electron chi connectivity index (χ2n) is 4.72. The first kappa shape index (κ1) is 15.3. The Bertz CT molecular complexity index is 725. The third-order valence-corrected chi connectivity index (χ3v) is 4.48. The molecule has 21 heavy (non-hydrogen) atoms. The molecule has 112 valence electrons. The molecule has 0 aliphatic rings. The number of hydrogen-bond acceptors (Lipinski definition) is 4. The van der Waals surface area contributed by atoms with Gasteiger partial charge in [-0.1, -0.05) is 18.2 Å². The van der Waals surface area contributed by atoms with Gasteiger partial charge < -0.3 is 10.5 Å². The van der Waals surface area contributed by atoms with Crippen molar-refractivity contribution in [3.05, 3.63) is 53.6 Å². The van der Waals surface area contributed by atoms with Crippen LogP contribution in [0.25, 0.3) is 0 Å². The number of rotatable bonds is 5. The van der Waals surface area contributed by atoms with Gasteiger partial charge in [0.05, 0.1) is 7.11 Å². The number of nitrogen functional groups attached to an aromatic ring is 1. The number of hydrogen-bond donors (Lipinski definition) is 2. The first-order valence-corrected chi connectivity index (χ1v) is 7.89.